The molecule has 1 saturated carbocycles. The number of fused-ring (bicyclic) bond motifs is 1. The molecule has 0 bridgehead atoms. The van der Waals surface area contributed by atoms with E-state index < -0.39 is 5.60 Å². The Hall–Kier alpha value is -2.14. The van der Waals surface area contributed by atoms with Crippen LogP contribution < -0.4 is 10.1 Å². The molecule has 0 atom stereocenters. The van der Waals surface area contributed by atoms with Gasteiger partial charge in [-0.2, -0.15) is 0 Å². The number of hydrogen-bond donors (Lipinski definition) is 1. The van der Waals surface area contributed by atoms with Gasteiger partial charge in [0.25, 0.3) is 5.91 Å². The van der Waals surface area contributed by atoms with E-state index in [4.69, 9.17) is 9.47 Å². The van der Waals surface area contributed by atoms with Gasteiger partial charge in [0, 0.05) is 18.2 Å². The van der Waals surface area contributed by atoms with Crippen LogP contribution in [0.25, 0.3) is 10.9 Å². The quantitative estimate of drug-likeness (QED) is 0.781. The third-order valence-corrected chi connectivity index (χ3v) is 4.94. The molecule has 3 rings (SSSR count). The van der Waals surface area contributed by atoms with Crippen molar-refractivity contribution >= 4 is 22.5 Å². The maximum atomic E-state index is 13.1. The molecule has 1 aliphatic carbocycles. The van der Waals surface area contributed by atoms with Gasteiger partial charge in [-0.25, -0.2) is 0 Å². The lowest BCUT2D eigenvalue weighted by Crippen LogP contribution is -2.47. The lowest BCUT2D eigenvalue weighted by atomic mass is 9.83. The number of ether oxygens (including phenoxy) is 2. The summed E-state index contributed by atoms with van der Waals surface area (Å²) in [6.07, 6.45) is 7.46. The Labute approximate surface area is 155 Å². The first-order chi connectivity index (χ1) is 12.7. The number of hydrogen-bond acceptors (Lipinski definition) is 4. The van der Waals surface area contributed by atoms with E-state index in [0.29, 0.717) is 13.2 Å². The molecular formula is C21H28N2O3. The van der Waals surface area contributed by atoms with Crippen LogP contribution in [0.4, 0.5) is 5.69 Å². The molecule has 5 heteroatoms. The van der Waals surface area contributed by atoms with E-state index in [9.17, 15) is 4.79 Å². The molecule has 0 radical (unpaired) electrons. The Morgan fingerprint density at radius 2 is 2.00 bits per heavy atom. The zero-order valence-corrected chi connectivity index (χ0v) is 15.7. The van der Waals surface area contributed by atoms with Crippen LogP contribution in [-0.4, -0.2) is 29.7 Å². The summed E-state index contributed by atoms with van der Waals surface area (Å²) in [6, 6.07) is 7.62. The van der Waals surface area contributed by atoms with Crippen molar-refractivity contribution in [2.24, 2.45) is 0 Å². The smallest absolute Gasteiger partial charge is 0.256 e. The number of aromatic nitrogens is 1. The lowest BCUT2D eigenvalue weighted by Gasteiger charge is -2.35. The molecule has 1 aromatic heterocycles. The molecule has 140 valence electrons. The van der Waals surface area contributed by atoms with Gasteiger partial charge in [-0.1, -0.05) is 26.2 Å². The second kappa shape index (κ2) is 8.49. The van der Waals surface area contributed by atoms with Gasteiger partial charge in [0.05, 0.1) is 12.3 Å². The molecule has 1 fully saturated rings. The van der Waals surface area contributed by atoms with E-state index in [0.717, 1.165) is 54.4 Å². The second-order valence-electron chi connectivity index (χ2n) is 6.80. The fraction of sp³-hybridized carbons (Fsp3) is 0.524. The standard InChI is InChI=1S/C21H28N2O3/c1-3-15-25-18-11-10-17(16-9-8-14-22-19(16)18)23-20(24)21(26-4-2)12-6-5-7-13-21/h8-11,14H,3-7,12-13,15H2,1-2H3,(H,23,24). The van der Waals surface area contributed by atoms with Gasteiger partial charge >= 0.3 is 0 Å². The molecule has 5 nitrogen and oxygen atoms in total. The summed E-state index contributed by atoms with van der Waals surface area (Å²) in [6.45, 7) is 5.20. The van der Waals surface area contributed by atoms with Crippen molar-refractivity contribution < 1.29 is 14.3 Å². The molecule has 1 N–H and O–H groups in total. The first kappa shape index (κ1) is 18.6. The van der Waals surface area contributed by atoms with Crippen LogP contribution in [0, 0.1) is 0 Å². The summed E-state index contributed by atoms with van der Waals surface area (Å²) in [5, 5.41) is 3.99. The van der Waals surface area contributed by atoms with Gasteiger partial charge in [-0.05, 0) is 50.5 Å². The molecule has 0 aliphatic heterocycles. The molecular weight excluding hydrogens is 328 g/mol. The third kappa shape index (κ3) is 3.83. The van der Waals surface area contributed by atoms with E-state index in [1.165, 1.54) is 6.42 Å². The molecule has 0 saturated heterocycles. The molecule has 26 heavy (non-hydrogen) atoms. The van der Waals surface area contributed by atoms with Crippen LogP contribution in [-0.2, 0) is 9.53 Å². The van der Waals surface area contributed by atoms with E-state index >= 15 is 0 Å². The lowest BCUT2D eigenvalue weighted by molar-refractivity contribution is -0.145. The summed E-state index contributed by atoms with van der Waals surface area (Å²) in [5.41, 5.74) is 0.818. The van der Waals surface area contributed by atoms with Gasteiger partial charge in [-0.3, -0.25) is 9.78 Å². The molecule has 1 amide bonds. The Morgan fingerprint density at radius 1 is 1.19 bits per heavy atom. The summed E-state index contributed by atoms with van der Waals surface area (Å²) < 4.78 is 11.7. The average Bonchev–Trinajstić information content (AvgIpc) is 2.68. The van der Waals surface area contributed by atoms with Gasteiger partial charge in [0.1, 0.15) is 16.9 Å². The predicted octanol–water partition coefficient (Wildman–Crippen LogP) is 4.70. The summed E-state index contributed by atoms with van der Waals surface area (Å²) in [5.74, 6) is 0.698. The summed E-state index contributed by atoms with van der Waals surface area (Å²) in [4.78, 5) is 17.6. The van der Waals surface area contributed by atoms with Crippen LogP contribution in [0.3, 0.4) is 0 Å². The highest BCUT2D eigenvalue weighted by atomic mass is 16.5. The highest BCUT2D eigenvalue weighted by Crippen LogP contribution is 2.35. The van der Waals surface area contributed by atoms with Crippen LogP contribution in [0.1, 0.15) is 52.4 Å². The number of carbonyl (C=O) groups is 1. The number of anilines is 1. The average molecular weight is 356 g/mol. The molecule has 0 spiro atoms. The van der Waals surface area contributed by atoms with Gasteiger partial charge in [-0.15, -0.1) is 0 Å². The second-order valence-corrected chi connectivity index (χ2v) is 6.80. The van der Waals surface area contributed by atoms with Crippen molar-refractivity contribution in [1.29, 1.82) is 0 Å². The molecule has 1 aromatic carbocycles. The fourth-order valence-corrected chi connectivity index (χ4v) is 3.66. The van der Waals surface area contributed by atoms with Crippen molar-refractivity contribution in [3.05, 3.63) is 30.5 Å². The largest absolute Gasteiger partial charge is 0.491 e. The fourth-order valence-electron chi connectivity index (χ4n) is 3.66. The summed E-state index contributed by atoms with van der Waals surface area (Å²) >= 11 is 0. The Balaban J connectivity index is 1.89. The minimum Gasteiger partial charge on any atom is -0.491 e. The van der Waals surface area contributed by atoms with Crippen molar-refractivity contribution in [3.63, 3.8) is 0 Å². The van der Waals surface area contributed by atoms with Gasteiger partial charge in [0.2, 0.25) is 0 Å². The summed E-state index contributed by atoms with van der Waals surface area (Å²) in [7, 11) is 0. The first-order valence-electron chi connectivity index (χ1n) is 9.66. The Bertz CT molecular complexity index is 748. The maximum absolute atomic E-state index is 13.1. The number of nitrogens with one attached hydrogen (secondary N) is 1. The van der Waals surface area contributed by atoms with Crippen LogP contribution in [0.2, 0.25) is 0 Å². The predicted molar refractivity (Wildman–Crippen MR) is 104 cm³/mol. The van der Waals surface area contributed by atoms with Crippen molar-refractivity contribution in [1.82, 2.24) is 4.98 Å². The number of pyridine rings is 1. The topological polar surface area (TPSA) is 60.5 Å². The number of rotatable bonds is 7. The Kier molecular flexibility index (Phi) is 6.09. The molecule has 2 aromatic rings. The van der Waals surface area contributed by atoms with Crippen LogP contribution >= 0.6 is 0 Å². The normalized spacial score (nSPS) is 16.4. The minimum absolute atomic E-state index is 0.0496. The Morgan fingerprint density at radius 3 is 2.73 bits per heavy atom. The van der Waals surface area contributed by atoms with Gasteiger partial charge < -0.3 is 14.8 Å². The zero-order chi connectivity index (χ0) is 18.4. The van der Waals surface area contributed by atoms with Crippen molar-refractivity contribution in [2.75, 3.05) is 18.5 Å². The van der Waals surface area contributed by atoms with Crippen LogP contribution in [0.5, 0.6) is 5.75 Å². The first-order valence-corrected chi connectivity index (χ1v) is 9.66. The van der Waals surface area contributed by atoms with Crippen molar-refractivity contribution in [3.8, 4) is 5.75 Å². The number of amides is 1. The molecule has 1 heterocycles. The third-order valence-electron chi connectivity index (χ3n) is 4.94. The van der Waals surface area contributed by atoms with E-state index in [1.807, 2.05) is 31.2 Å². The van der Waals surface area contributed by atoms with E-state index in [-0.39, 0.29) is 5.91 Å². The van der Waals surface area contributed by atoms with E-state index in [2.05, 4.69) is 17.2 Å². The number of benzene rings is 1. The van der Waals surface area contributed by atoms with Crippen molar-refractivity contribution in [2.45, 2.75) is 58.0 Å². The highest BCUT2D eigenvalue weighted by molar-refractivity contribution is 6.05. The highest BCUT2D eigenvalue weighted by Gasteiger charge is 2.40. The van der Waals surface area contributed by atoms with Gasteiger partial charge in [0.15, 0.2) is 0 Å². The van der Waals surface area contributed by atoms with E-state index in [1.54, 1.807) is 6.20 Å². The molecule has 0 unspecified atom stereocenters. The van der Waals surface area contributed by atoms with Crippen LogP contribution in [0.15, 0.2) is 30.5 Å². The monoisotopic (exact) mass is 356 g/mol. The number of nitrogens with zero attached hydrogens (tertiary/aromatic N) is 1. The SMILES string of the molecule is CCCOc1ccc(NC(=O)C2(OCC)CCCCC2)c2cccnc12. The molecule has 1 aliphatic rings. The zero-order valence-electron chi connectivity index (χ0n) is 15.7. The number of carbonyl (C=O) groups excluding carboxylic acids is 1. The minimum atomic E-state index is -0.709. The maximum Gasteiger partial charge on any atom is 0.256 e.